The Bertz CT molecular complexity index is 865. The molecule has 2 aromatic rings. The monoisotopic (exact) mass is 383 g/mol. The summed E-state index contributed by atoms with van der Waals surface area (Å²) in [5.74, 6) is -0.0534. The number of hydrogen-bond acceptors (Lipinski definition) is 5. The Hall–Kier alpha value is -2.25. The Balaban J connectivity index is 2.39. The fraction of sp³-hybridized carbons (Fsp3) is 0.235. The van der Waals surface area contributed by atoms with Crippen molar-refractivity contribution in [2.24, 2.45) is 0 Å². The standard InChI is InChI=1S/C17H18ClNO5S/c1-4-24-17(20)15-11-12(5-10-16(15)18)19(2)25(21,22)14-8-6-13(23-3)7-9-14/h5-11H,4H2,1-3H3. The highest BCUT2D eigenvalue weighted by Gasteiger charge is 2.23. The van der Waals surface area contributed by atoms with Gasteiger partial charge in [-0.15, -0.1) is 0 Å². The van der Waals surface area contributed by atoms with Crippen LogP contribution in [0.3, 0.4) is 0 Å². The van der Waals surface area contributed by atoms with Gasteiger partial charge < -0.3 is 9.47 Å². The first-order chi connectivity index (χ1) is 11.8. The van der Waals surface area contributed by atoms with Gasteiger partial charge in [0.25, 0.3) is 10.0 Å². The maximum absolute atomic E-state index is 12.8. The molecular formula is C17H18ClNO5S. The third-order valence-corrected chi connectivity index (χ3v) is 5.66. The summed E-state index contributed by atoms with van der Waals surface area (Å²) in [6.07, 6.45) is 0. The lowest BCUT2D eigenvalue weighted by atomic mass is 10.2. The van der Waals surface area contributed by atoms with E-state index in [0.29, 0.717) is 11.4 Å². The summed E-state index contributed by atoms with van der Waals surface area (Å²) in [5.41, 5.74) is 0.404. The van der Waals surface area contributed by atoms with E-state index in [1.165, 1.54) is 44.5 Å². The van der Waals surface area contributed by atoms with Gasteiger partial charge in [-0.1, -0.05) is 11.6 Å². The zero-order chi connectivity index (χ0) is 18.6. The molecule has 0 heterocycles. The lowest BCUT2D eigenvalue weighted by molar-refractivity contribution is 0.0526. The number of hydrogen-bond donors (Lipinski definition) is 0. The molecule has 134 valence electrons. The van der Waals surface area contributed by atoms with Crippen molar-refractivity contribution in [2.75, 3.05) is 25.1 Å². The second-order valence-electron chi connectivity index (χ2n) is 5.03. The molecule has 0 radical (unpaired) electrons. The third kappa shape index (κ3) is 4.05. The summed E-state index contributed by atoms with van der Waals surface area (Å²) in [6, 6.07) is 10.4. The molecule has 25 heavy (non-hydrogen) atoms. The van der Waals surface area contributed by atoms with Crippen LogP contribution in [-0.2, 0) is 14.8 Å². The van der Waals surface area contributed by atoms with Crippen LogP contribution in [0.15, 0.2) is 47.4 Å². The lowest BCUT2D eigenvalue weighted by Gasteiger charge is -2.20. The number of anilines is 1. The van der Waals surface area contributed by atoms with E-state index in [2.05, 4.69) is 0 Å². The number of sulfonamides is 1. The van der Waals surface area contributed by atoms with Crippen molar-refractivity contribution in [1.29, 1.82) is 0 Å². The molecule has 0 unspecified atom stereocenters. The van der Waals surface area contributed by atoms with Crippen LogP contribution in [0.2, 0.25) is 5.02 Å². The van der Waals surface area contributed by atoms with E-state index in [4.69, 9.17) is 21.1 Å². The van der Waals surface area contributed by atoms with Gasteiger partial charge in [-0.2, -0.15) is 0 Å². The van der Waals surface area contributed by atoms with E-state index < -0.39 is 16.0 Å². The average Bonchev–Trinajstić information content (AvgIpc) is 2.61. The first-order valence-corrected chi connectivity index (χ1v) is 9.22. The number of benzene rings is 2. The summed E-state index contributed by atoms with van der Waals surface area (Å²) >= 11 is 6.01. The molecule has 0 aliphatic carbocycles. The van der Waals surface area contributed by atoms with E-state index in [0.717, 1.165) is 4.31 Å². The molecule has 0 fully saturated rings. The molecule has 0 atom stereocenters. The van der Waals surface area contributed by atoms with Gasteiger partial charge in [-0.05, 0) is 49.4 Å². The first kappa shape index (κ1) is 19.1. The summed E-state index contributed by atoms with van der Waals surface area (Å²) < 4.78 is 36.6. The van der Waals surface area contributed by atoms with Crippen LogP contribution in [0.25, 0.3) is 0 Å². The highest BCUT2D eigenvalue weighted by Crippen LogP contribution is 2.28. The molecule has 0 spiro atoms. The zero-order valence-electron chi connectivity index (χ0n) is 14.0. The molecule has 0 saturated carbocycles. The van der Waals surface area contributed by atoms with E-state index in [1.54, 1.807) is 19.1 Å². The second kappa shape index (κ2) is 7.76. The molecule has 0 saturated heterocycles. The van der Waals surface area contributed by atoms with Gasteiger partial charge in [-0.3, -0.25) is 4.31 Å². The second-order valence-corrected chi connectivity index (χ2v) is 7.41. The number of ether oxygens (including phenoxy) is 2. The fourth-order valence-corrected chi connectivity index (χ4v) is 3.50. The van der Waals surface area contributed by atoms with Crippen molar-refractivity contribution in [3.63, 3.8) is 0 Å². The zero-order valence-corrected chi connectivity index (χ0v) is 15.6. The highest BCUT2D eigenvalue weighted by atomic mass is 35.5. The molecule has 0 aliphatic rings. The molecule has 2 rings (SSSR count). The summed E-state index contributed by atoms with van der Waals surface area (Å²) in [4.78, 5) is 12.0. The van der Waals surface area contributed by atoms with E-state index in [1.807, 2.05) is 0 Å². The molecular weight excluding hydrogens is 366 g/mol. The Labute approximate surface area is 152 Å². The van der Waals surface area contributed by atoms with Crippen molar-refractivity contribution in [2.45, 2.75) is 11.8 Å². The largest absolute Gasteiger partial charge is 0.497 e. The molecule has 0 aromatic heterocycles. The van der Waals surface area contributed by atoms with Crippen LogP contribution >= 0.6 is 11.6 Å². The van der Waals surface area contributed by atoms with Crippen molar-refractivity contribution in [3.8, 4) is 5.75 Å². The predicted octanol–water partition coefficient (Wildman–Crippen LogP) is 3.35. The highest BCUT2D eigenvalue weighted by molar-refractivity contribution is 7.92. The third-order valence-electron chi connectivity index (χ3n) is 3.53. The number of rotatable bonds is 6. The van der Waals surface area contributed by atoms with Crippen molar-refractivity contribution in [1.82, 2.24) is 0 Å². The number of nitrogens with zero attached hydrogens (tertiary/aromatic N) is 1. The Kier molecular flexibility index (Phi) is 5.92. The summed E-state index contributed by atoms with van der Waals surface area (Å²) in [5, 5.41) is 0.192. The Morgan fingerprint density at radius 1 is 1.16 bits per heavy atom. The molecule has 0 amide bonds. The summed E-state index contributed by atoms with van der Waals surface area (Å²) in [7, 11) is -0.901. The van der Waals surface area contributed by atoms with Crippen LogP contribution in [0.1, 0.15) is 17.3 Å². The molecule has 8 heteroatoms. The minimum Gasteiger partial charge on any atom is -0.497 e. The van der Waals surface area contributed by atoms with Gasteiger partial charge in [0.05, 0.1) is 34.9 Å². The van der Waals surface area contributed by atoms with Gasteiger partial charge in [-0.25, -0.2) is 13.2 Å². The maximum atomic E-state index is 12.8. The first-order valence-electron chi connectivity index (χ1n) is 7.41. The quantitative estimate of drug-likeness (QED) is 0.715. The van der Waals surface area contributed by atoms with Gasteiger partial charge in [0.15, 0.2) is 0 Å². The number of carbonyl (C=O) groups excluding carboxylic acids is 1. The number of esters is 1. The number of halogens is 1. The normalized spacial score (nSPS) is 11.0. The molecule has 6 nitrogen and oxygen atoms in total. The number of methoxy groups -OCH3 is 1. The summed E-state index contributed by atoms with van der Waals surface area (Å²) in [6.45, 7) is 1.87. The number of carbonyl (C=O) groups is 1. The molecule has 0 aliphatic heterocycles. The van der Waals surface area contributed by atoms with Gasteiger partial charge in [0.1, 0.15) is 5.75 Å². The SMILES string of the molecule is CCOC(=O)c1cc(N(C)S(=O)(=O)c2ccc(OC)cc2)ccc1Cl. The smallest absolute Gasteiger partial charge is 0.339 e. The lowest BCUT2D eigenvalue weighted by Crippen LogP contribution is -2.26. The minimum atomic E-state index is -3.80. The molecule has 2 aromatic carbocycles. The Morgan fingerprint density at radius 3 is 2.36 bits per heavy atom. The maximum Gasteiger partial charge on any atom is 0.339 e. The van der Waals surface area contributed by atoms with Gasteiger partial charge in [0, 0.05) is 7.05 Å². The van der Waals surface area contributed by atoms with Crippen molar-refractivity contribution in [3.05, 3.63) is 53.1 Å². The molecule has 0 bridgehead atoms. The van der Waals surface area contributed by atoms with Gasteiger partial charge >= 0.3 is 5.97 Å². The van der Waals surface area contributed by atoms with Crippen LogP contribution in [-0.4, -0.2) is 35.2 Å². The predicted molar refractivity (Wildman–Crippen MR) is 96.0 cm³/mol. The molecule has 0 N–H and O–H groups in total. The van der Waals surface area contributed by atoms with E-state index in [-0.39, 0.29) is 22.1 Å². The van der Waals surface area contributed by atoms with Crippen LogP contribution < -0.4 is 9.04 Å². The van der Waals surface area contributed by atoms with Crippen LogP contribution in [0.4, 0.5) is 5.69 Å². The van der Waals surface area contributed by atoms with E-state index in [9.17, 15) is 13.2 Å². The van der Waals surface area contributed by atoms with E-state index >= 15 is 0 Å². The van der Waals surface area contributed by atoms with Crippen LogP contribution in [0.5, 0.6) is 5.75 Å². The van der Waals surface area contributed by atoms with Crippen molar-refractivity contribution < 1.29 is 22.7 Å². The Morgan fingerprint density at radius 2 is 1.80 bits per heavy atom. The topological polar surface area (TPSA) is 72.9 Å². The van der Waals surface area contributed by atoms with Crippen LogP contribution in [0, 0.1) is 0 Å². The average molecular weight is 384 g/mol. The van der Waals surface area contributed by atoms with Crippen molar-refractivity contribution >= 4 is 33.3 Å². The minimum absolute atomic E-state index is 0.100. The van der Waals surface area contributed by atoms with Gasteiger partial charge in [0.2, 0.25) is 0 Å². The fourth-order valence-electron chi connectivity index (χ4n) is 2.12.